The van der Waals surface area contributed by atoms with Gasteiger partial charge < -0.3 is 5.32 Å². The van der Waals surface area contributed by atoms with Crippen molar-refractivity contribution in [1.82, 2.24) is 9.62 Å². The lowest BCUT2D eigenvalue weighted by molar-refractivity contribution is -0.387. The predicted molar refractivity (Wildman–Crippen MR) is 82.3 cm³/mol. The minimum absolute atomic E-state index is 0.0116. The fourth-order valence-electron chi connectivity index (χ4n) is 2.37. The van der Waals surface area contributed by atoms with Gasteiger partial charge in [-0.25, -0.2) is 4.31 Å². The van der Waals surface area contributed by atoms with Crippen LogP contribution in [-0.2, 0) is 4.79 Å². The Labute approximate surface area is 140 Å². The van der Waals surface area contributed by atoms with Crippen molar-refractivity contribution in [2.75, 3.05) is 19.6 Å². The Hall–Kier alpha value is -1.81. The van der Waals surface area contributed by atoms with Crippen LogP contribution in [-0.4, -0.2) is 40.9 Å². The number of nitro groups is 1. The number of alkyl halides is 3. The van der Waals surface area contributed by atoms with Crippen molar-refractivity contribution in [3.05, 3.63) is 34.4 Å². The van der Waals surface area contributed by atoms with Crippen LogP contribution in [0.5, 0.6) is 0 Å². The maximum absolute atomic E-state index is 12.1. The highest BCUT2D eigenvalue weighted by Gasteiger charge is 2.38. The van der Waals surface area contributed by atoms with Gasteiger partial charge in [0.05, 0.1) is 4.92 Å². The summed E-state index contributed by atoms with van der Waals surface area (Å²) < 4.78 is 38.3. The number of piperidine rings is 1. The number of benzene rings is 1. The molecule has 0 saturated carbocycles. The predicted octanol–water partition coefficient (Wildman–Crippen LogP) is 2.99. The fourth-order valence-corrected chi connectivity index (χ4v) is 3.41. The van der Waals surface area contributed by atoms with Gasteiger partial charge in [-0.2, -0.15) is 13.2 Å². The van der Waals surface area contributed by atoms with Crippen molar-refractivity contribution in [2.24, 2.45) is 5.92 Å². The molecule has 132 valence electrons. The van der Waals surface area contributed by atoms with E-state index < -0.39 is 17.0 Å². The number of hydrogen-bond acceptors (Lipinski definition) is 5. The number of rotatable bonds is 5. The topological polar surface area (TPSA) is 75.5 Å². The number of nitrogens with one attached hydrogen (secondary N) is 1. The molecule has 0 atom stereocenters. The molecule has 1 amide bonds. The molecule has 1 saturated heterocycles. The standard InChI is InChI=1S/C14H16F3N3O3S/c15-14(16,17)13(21)18-9-10-5-7-19(8-6-10)24-12-4-2-1-3-11(12)20(22)23/h1-4,10H,5-9H2,(H,18,21). The molecule has 6 nitrogen and oxygen atoms in total. The van der Waals surface area contributed by atoms with E-state index in [2.05, 4.69) is 0 Å². The second-order valence-electron chi connectivity index (χ2n) is 5.40. The Morgan fingerprint density at radius 3 is 2.54 bits per heavy atom. The van der Waals surface area contributed by atoms with Gasteiger partial charge in [0, 0.05) is 25.7 Å². The molecule has 1 aromatic rings. The van der Waals surface area contributed by atoms with Crippen LogP contribution < -0.4 is 5.32 Å². The summed E-state index contributed by atoms with van der Waals surface area (Å²) in [5.74, 6) is -1.95. The van der Waals surface area contributed by atoms with Crippen LogP contribution in [0.25, 0.3) is 0 Å². The number of halogens is 3. The summed E-state index contributed by atoms with van der Waals surface area (Å²) in [7, 11) is 0. The number of carbonyl (C=O) groups is 1. The minimum Gasteiger partial charge on any atom is -0.348 e. The zero-order valence-electron chi connectivity index (χ0n) is 12.6. The van der Waals surface area contributed by atoms with Gasteiger partial charge in [0.15, 0.2) is 0 Å². The first kappa shape index (κ1) is 18.5. The van der Waals surface area contributed by atoms with E-state index >= 15 is 0 Å². The van der Waals surface area contributed by atoms with E-state index in [1.54, 1.807) is 18.2 Å². The van der Waals surface area contributed by atoms with Crippen molar-refractivity contribution in [3.63, 3.8) is 0 Å². The maximum Gasteiger partial charge on any atom is 0.471 e. The highest BCUT2D eigenvalue weighted by atomic mass is 32.2. The molecule has 1 aliphatic heterocycles. The quantitative estimate of drug-likeness (QED) is 0.494. The van der Waals surface area contributed by atoms with E-state index in [0.29, 0.717) is 30.8 Å². The number of para-hydroxylation sites is 1. The molecule has 10 heteroatoms. The second kappa shape index (κ2) is 7.84. The molecular weight excluding hydrogens is 347 g/mol. The average Bonchev–Trinajstić information content (AvgIpc) is 2.53. The van der Waals surface area contributed by atoms with Gasteiger partial charge in [-0.15, -0.1) is 0 Å². The van der Waals surface area contributed by atoms with E-state index in [9.17, 15) is 28.1 Å². The molecule has 1 aromatic carbocycles. The Balaban J connectivity index is 1.81. The van der Waals surface area contributed by atoms with E-state index in [-0.39, 0.29) is 18.2 Å². The Bertz CT molecular complexity index is 604. The molecular formula is C14H16F3N3O3S. The summed E-state index contributed by atoms with van der Waals surface area (Å²) in [5.41, 5.74) is 0.0297. The molecule has 0 spiro atoms. The number of carbonyl (C=O) groups excluding carboxylic acids is 1. The van der Waals surface area contributed by atoms with Gasteiger partial charge in [-0.05, 0) is 36.8 Å². The summed E-state index contributed by atoms with van der Waals surface area (Å²) in [5, 5.41) is 12.9. The third kappa shape index (κ3) is 5.10. The number of nitrogens with zero attached hydrogens (tertiary/aromatic N) is 2. The van der Waals surface area contributed by atoms with Crippen molar-refractivity contribution < 1.29 is 22.9 Å². The van der Waals surface area contributed by atoms with Gasteiger partial charge >= 0.3 is 12.1 Å². The lowest BCUT2D eigenvalue weighted by atomic mass is 9.98. The lowest BCUT2D eigenvalue weighted by Crippen LogP contribution is -2.41. The van der Waals surface area contributed by atoms with E-state index in [0.717, 1.165) is 0 Å². The molecule has 1 fully saturated rings. The number of nitro benzene ring substituents is 1. The zero-order chi connectivity index (χ0) is 17.7. The number of hydrogen-bond donors (Lipinski definition) is 1. The molecule has 0 radical (unpaired) electrons. The smallest absolute Gasteiger partial charge is 0.348 e. The summed E-state index contributed by atoms with van der Waals surface area (Å²) in [6.45, 7) is 1.16. The van der Waals surface area contributed by atoms with Gasteiger partial charge in [-0.3, -0.25) is 14.9 Å². The molecule has 24 heavy (non-hydrogen) atoms. The van der Waals surface area contributed by atoms with Crippen molar-refractivity contribution in [3.8, 4) is 0 Å². The van der Waals surface area contributed by atoms with E-state index in [4.69, 9.17) is 0 Å². The minimum atomic E-state index is -4.86. The van der Waals surface area contributed by atoms with E-state index in [1.807, 2.05) is 9.62 Å². The van der Waals surface area contributed by atoms with Crippen molar-refractivity contribution >= 4 is 23.5 Å². The molecule has 0 aliphatic carbocycles. The fraction of sp³-hybridized carbons (Fsp3) is 0.500. The lowest BCUT2D eigenvalue weighted by Gasteiger charge is -2.30. The van der Waals surface area contributed by atoms with Gasteiger partial charge in [-0.1, -0.05) is 12.1 Å². The van der Waals surface area contributed by atoms with Crippen LogP contribution in [0.3, 0.4) is 0 Å². The van der Waals surface area contributed by atoms with Gasteiger partial charge in [0.1, 0.15) is 4.90 Å². The van der Waals surface area contributed by atoms with E-state index in [1.165, 1.54) is 18.0 Å². The summed E-state index contributed by atoms with van der Waals surface area (Å²) >= 11 is 1.27. The van der Waals surface area contributed by atoms with Crippen LogP contribution in [0.15, 0.2) is 29.2 Å². The van der Waals surface area contributed by atoms with Crippen LogP contribution in [0.2, 0.25) is 0 Å². The second-order valence-corrected chi connectivity index (χ2v) is 6.54. The SMILES string of the molecule is O=C(NCC1CCN(Sc2ccccc2[N+](=O)[O-])CC1)C(F)(F)F. The van der Waals surface area contributed by atoms with Crippen LogP contribution in [0, 0.1) is 16.0 Å². The highest BCUT2D eigenvalue weighted by molar-refractivity contribution is 7.97. The first-order chi connectivity index (χ1) is 11.3. The van der Waals surface area contributed by atoms with Crippen LogP contribution >= 0.6 is 11.9 Å². The van der Waals surface area contributed by atoms with Gasteiger partial charge in [0.25, 0.3) is 5.69 Å². The third-order valence-electron chi connectivity index (χ3n) is 3.67. The summed E-state index contributed by atoms with van der Waals surface area (Å²) in [6, 6.07) is 6.41. The molecule has 0 bridgehead atoms. The van der Waals surface area contributed by atoms with Gasteiger partial charge in [0.2, 0.25) is 0 Å². The first-order valence-electron chi connectivity index (χ1n) is 7.28. The molecule has 1 aliphatic rings. The third-order valence-corrected chi connectivity index (χ3v) is 4.84. The summed E-state index contributed by atoms with van der Waals surface area (Å²) in [4.78, 5) is 21.9. The Morgan fingerprint density at radius 1 is 1.33 bits per heavy atom. The molecule has 1 heterocycles. The zero-order valence-corrected chi connectivity index (χ0v) is 13.4. The molecule has 1 N–H and O–H groups in total. The molecule has 0 aromatic heterocycles. The summed E-state index contributed by atoms with van der Waals surface area (Å²) in [6.07, 6.45) is -3.62. The molecule has 0 unspecified atom stereocenters. The maximum atomic E-state index is 12.1. The highest BCUT2D eigenvalue weighted by Crippen LogP contribution is 2.33. The Kier molecular flexibility index (Phi) is 6.05. The van der Waals surface area contributed by atoms with Crippen molar-refractivity contribution in [1.29, 1.82) is 0 Å². The number of amides is 1. The Morgan fingerprint density at radius 2 is 1.96 bits per heavy atom. The normalized spacial score (nSPS) is 16.8. The van der Waals surface area contributed by atoms with Crippen LogP contribution in [0.1, 0.15) is 12.8 Å². The first-order valence-corrected chi connectivity index (χ1v) is 8.06. The average molecular weight is 363 g/mol. The van der Waals surface area contributed by atoms with Crippen LogP contribution in [0.4, 0.5) is 18.9 Å². The monoisotopic (exact) mass is 363 g/mol. The molecule has 2 rings (SSSR count). The van der Waals surface area contributed by atoms with Crippen molar-refractivity contribution in [2.45, 2.75) is 23.9 Å². The largest absolute Gasteiger partial charge is 0.471 e.